The summed E-state index contributed by atoms with van der Waals surface area (Å²) in [5, 5.41) is 21.3. The highest BCUT2D eigenvalue weighted by Crippen LogP contribution is 2.61. The third kappa shape index (κ3) is 8.40. The van der Waals surface area contributed by atoms with Gasteiger partial charge in [0.1, 0.15) is 48.3 Å². The van der Waals surface area contributed by atoms with Gasteiger partial charge in [-0.25, -0.2) is 0 Å². The van der Waals surface area contributed by atoms with Crippen LogP contribution in [-0.4, -0.2) is 131 Å². The number of nitrogens with two attached hydrogens (primary N) is 1. The zero-order valence-electron chi connectivity index (χ0n) is 48.3. The van der Waals surface area contributed by atoms with Crippen LogP contribution in [0.3, 0.4) is 0 Å². The molecule has 4 aromatic rings. The molecule has 80 heavy (non-hydrogen) atoms. The Balaban J connectivity index is 0.000000169. The predicted octanol–water partition coefficient (Wildman–Crippen LogP) is 8.69. The van der Waals surface area contributed by atoms with Crippen LogP contribution in [0.4, 0.5) is 0 Å². The molecular formula is C63H77N7O10. The zero-order chi connectivity index (χ0) is 56.6. The van der Waals surface area contributed by atoms with Crippen LogP contribution in [-0.2, 0) is 35.2 Å². The van der Waals surface area contributed by atoms with Gasteiger partial charge in [0.05, 0.1) is 30.3 Å². The number of nitriles is 2. The number of rotatable bonds is 14. The molecule has 2 saturated heterocycles. The second-order valence-electron chi connectivity index (χ2n) is 22.6. The monoisotopic (exact) mass is 1090 g/mol. The van der Waals surface area contributed by atoms with Crippen LogP contribution in [0, 0.1) is 64.2 Å². The van der Waals surface area contributed by atoms with Crippen LogP contribution in [0.2, 0.25) is 0 Å². The molecule has 0 aliphatic carbocycles. The third-order valence-corrected chi connectivity index (χ3v) is 18.8. The van der Waals surface area contributed by atoms with Crippen molar-refractivity contribution in [3.05, 3.63) is 115 Å². The van der Waals surface area contributed by atoms with Crippen molar-refractivity contribution in [1.29, 1.82) is 10.5 Å². The average Bonchev–Trinajstić information content (AvgIpc) is 4.07. The van der Waals surface area contributed by atoms with Crippen LogP contribution in [0.15, 0.2) is 37.4 Å². The summed E-state index contributed by atoms with van der Waals surface area (Å²) in [6.45, 7) is 24.3. The van der Waals surface area contributed by atoms with Gasteiger partial charge in [-0.05, 0) is 121 Å². The number of likely N-dealkylation sites (N-methyl/N-ethyl adjacent to an activating group) is 2. The molecule has 2 N–H and O–H groups in total. The lowest BCUT2D eigenvalue weighted by Gasteiger charge is -2.60. The molecule has 424 valence electrons. The lowest BCUT2D eigenvalue weighted by atomic mass is 9.71. The van der Waals surface area contributed by atoms with E-state index in [1.54, 1.807) is 26.4 Å². The number of piperazine rings is 2. The van der Waals surface area contributed by atoms with Gasteiger partial charge in [-0.1, -0.05) is 44.4 Å². The molecule has 10 atom stereocenters. The molecular weight excluding hydrogens is 1010 g/mol. The van der Waals surface area contributed by atoms with Crippen LogP contribution in [0.1, 0.15) is 115 Å². The quantitative estimate of drug-likeness (QED) is 0.0935. The van der Waals surface area contributed by atoms with Gasteiger partial charge in [-0.3, -0.25) is 19.6 Å². The van der Waals surface area contributed by atoms with Crippen LogP contribution in [0.25, 0.3) is 0 Å². The van der Waals surface area contributed by atoms with Gasteiger partial charge in [-0.2, -0.15) is 10.5 Å². The lowest BCUT2D eigenvalue weighted by Crippen LogP contribution is -2.68. The van der Waals surface area contributed by atoms with Gasteiger partial charge in [0.15, 0.2) is 36.6 Å². The van der Waals surface area contributed by atoms with Gasteiger partial charge in [0.25, 0.3) is 0 Å². The third-order valence-electron chi connectivity index (χ3n) is 18.8. The average molecular weight is 1090 g/mol. The van der Waals surface area contributed by atoms with Crippen LogP contribution >= 0.6 is 0 Å². The molecule has 4 aromatic carbocycles. The minimum absolute atomic E-state index is 0.00103. The van der Waals surface area contributed by atoms with Crippen molar-refractivity contribution in [2.45, 2.75) is 141 Å². The van der Waals surface area contributed by atoms with Crippen molar-refractivity contribution < 1.29 is 47.4 Å². The van der Waals surface area contributed by atoms with Crippen molar-refractivity contribution in [3.63, 3.8) is 0 Å². The minimum atomic E-state index is -0.358. The SMILES string of the molecule is C=CCOc1c(C)c2c(c3c1CC1C4c5c(cc(C)c(C)c5OCOC)C[C@@H]([C@H](C#N)N1[C@H]3CC)N4C)OCO2.C=CCOc1c(C)c2c(c3c1CC1C4c5c(cc(C)c(C)c5OCOC)C[C@@H]([C@H](C#N)N1[C@H]3CN)N4C)OCO2. The predicted molar refractivity (Wildman–Crippen MR) is 301 cm³/mol. The molecule has 0 aromatic heterocycles. The molecule has 8 aliphatic rings. The molecule has 0 amide bonds. The highest BCUT2D eigenvalue weighted by molar-refractivity contribution is 5.68. The van der Waals surface area contributed by atoms with E-state index in [2.05, 4.69) is 106 Å². The smallest absolute Gasteiger partial charge is 0.231 e. The van der Waals surface area contributed by atoms with E-state index in [9.17, 15) is 10.5 Å². The Morgan fingerprint density at radius 3 is 1.38 bits per heavy atom. The Morgan fingerprint density at radius 2 is 0.988 bits per heavy atom. The van der Waals surface area contributed by atoms with E-state index < -0.39 is 0 Å². The van der Waals surface area contributed by atoms with Crippen LogP contribution < -0.4 is 43.6 Å². The van der Waals surface area contributed by atoms with Crippen molar-refractivity contribution in [3.8, 4) is 58.1 Å². The van der Waals surface area contributed by atoms with Crippen molar-refractivity contribution in [2.75, 3.05) is 75.2 Å². The molecule has 17 nitrogen and oxygen atoms in total. The van der Waals surface area contributed by atoms with E-state index in [1.165, 1.54) is 33.4 Å². The molecule has 0 saturated carbocycles. The number of nitrogens with zero attached hydrogens (tertiary/aromatic N) is 6. The fraction of sp³-hybridized carbons (Fsp3) is 0.524. The van der Waals surface area contributed by atoms with Crippen molar-refractivity contribution in [1.82, 2.24) is 19.6 Å². The molecule has 0 radical (unpaired) electrons. The number of aryl methyl sites for hydroxylation is 2. The normalized spacial score (nSPS) is 26.4. The molecule has 0 spiro atoms. The summed E-state index contributed by atoms with van der Waals surface area (Å²) < 4.78 is 60.1. The summed E-state index contributed by atoms with van der Waals surface area (Å²) in [4.78, 5) is 9.64. The first-order chi connectivity index (χ1) is 38.7. The first-order valence-electron chi connectivity index (χ1n) is 28.1. The first-order valence-corrected chi connectivity index (χ1v) is 28.1. The summed E-state index contributed by atoms with van der Waals surface area (Å²) in [6, 6.07) is 9.14. The molecule has 8 heterocycles. The molecule has 8 aliphatic heterocycles. The number of ether oxygens (including phenoxy) is 10. The Kier molecular flexibility index (Phi) is 15.3. The standard InChI is InChI=1S/C32H39N3O5.C31H38N4O5/c1-8-10-37-29-19(5)31-32(40-16-39-31)27-21(29)13-24-28-26-20(11-17(3)18(4)30(26)38-15-36-7)12-23(34(28)6)25(14-33)35(24)22(27)9-2;1-7-8-37-28-18(4)30-31(40-15-39-30)26-20(28)11-22-27-25-19(9-16(2)17(3)29(25)38-14-36-6)10-21(34(27)5)23(12-32)35(22)24(26)13-33/h8,11,22-25,28H,1,9-10,12-13,15-16H2,2-7H3;7,9,21-24,27H,1,8,10-11,13-15,33H2,2-6H3/t22-,23-,24?,25-,28?;21-,22?,23-,24-,27?/m00/s1. The summed E-state index contributed by atoms with van der Waals surface area (Å²) in [7, 11) is 7.61. The molecule has 4 unspecified atom stereocenters. The van der Waals surface area contributed by atoms with Gasteiger partial charge >= 0.3 is 0 Å². The van der Waals surface area contributed by atoms with E-state index in [-0.39, 0.29) is 87.6 Å². The molecule has 2 fully saturated rings. The second kappa shape index (κ2) is 22.1. The van der Waals surface area contributed by atoms with E-state index >= 15 is 0 Å². The van der Waals surface area contributed by atoms with E-state index in [0.29, 0.717) is 38.3 Å². The van der Waals surface area contributed by atoms with E-state index in [0.717, 1.165) is 104 Å². The van der Waals surface area contributed by atoms with Gasteiger partial charge in [0, 0.05) is 95.5 Å². The molecule has 12 rings (SSSR count). The topological polar surface area (TPSA) is 179 Å². The lowest BCUT2D eigenvalue weighted by molar-refractivity contribution is -0.0744. The number of methoxy groups -OCH3 is 2. The van der Waals surface area contributed by atoms with Crippen molar-refractivity contribution >= 4 is 0 Å². The van der Waals surface area contributed by atoms with E-state index in [1.807, 2.05) is 13.8 Å². The van der Waals surface area contributed by atoms with Crippen molar-refractivity contribution in [2.24, 2.45) is 5.73 Å². The summed E-state index contributed by atoms with van der Waals surface area (Å²) in [6.07, 6.45) is 7.26. The van der Waals surface area contributed by atoms with Crippen LogP contribution in [0.5, 0.6) is 46.0 Å². The Morgan fingerprint density at radius 1 is 0.575 bits per heavy atom. The van der Waals surface area contributed by atoms with Gasteiger partial charge < -0.3 is 53.1 Å². The highest BCUT2D eigenvalue weighted by atomic mass is 16.7. The number of hydrogen-bond acceptors (Lipinski definition) is 17. The second-order valence-corrected chi connectivity index (χ2v) is 22.6. The maximum atomic E-state index is 10.7. The first kappa shape index (κ1) is 55.4. The van der Waals surface area contributed by atoms with Gasteiger partial charge in [0.2, 0.25) is 13.6 Å². The molecule has 4 bridgehead atoms. The number of fused-ring (bicyclic) bond motifs is 18. The fourth-order valence-corrected chi connectivity index (χ4v) is 15.3. The minimum Gasteiger partial charge on any atom is -0.489 e. The highest BCUT2D eigenvalue weighted by Gasteiger charge is 2.58. The summed E-state index contributed by atoms with van der Waals surface area (Å²) in [5.41, 5.74) is 22.3. The number of benzene rings is 4. The largest absolute Gasteiger partial charge is 0.489 e. The van der Waals surface area contributed by atoms with E-state index in [4.69, 9.17) is 53.1 Å². The maximum absolute atomic E-state index is 10.7. The summed E-state index contributed by atoms with van der Waals surface area (Å²) in [5.74, 6) is 6.41. The molecule has 17 heteroatoms. The summed E-state index contributed by atoms with van der Waals surface area (Å²) >= 11 is 0. The number of hydrogen-bond donors (Lipinski definition) is 1. The van der Waals surface area contributed by atoms with Gasteiger partial charge in [-0.15, -0.1) is 0 Å². The Hall–Kier alpha value is -6.54. The Labute approximate surface area is 471 Å². The Bertz CT molecular complexity index is 3010. The maximum Gasteiger partial charge on any atom is 0.231 e. The fourth-order valence-electron chi connectivity index (χ4n) is 15.3. The zero-order valence-corrected chi connectivity index (χ0v) is 48.3.